The van der Waals surface area contributed by atoms with E-state index in [0.29, 0.717) is 18.7 Å². The molecule has 26 heavy (non-hydrogen) atoms. The summed E-state index contributed by atoms with van der Waals surface area (Å²) in [6.07, 6.45) is 1.94. The Kier molecular flexibility index (Phi) is 6.07. The number of carbonyl (C=O) groups excluding carboxylic acids is 1. The second kappa shape index (κ2) is 8.67. The summed E-state index contributed by atoms with van der Waals surface area (Å²) in [5.41, 5.74) is 1.45. The van der Waals surface area contributed by atoms with E-state index in [9.17, 15) is 4.79 Å². The van der Waals surface area contributed by atoms with Gasteiger partial charge in [-0.1, -0.05) is 49.3 Å². The van der Waals surface area contributed by atoms with Crippen LogP contribution in [-0.4, -0.2) is 36.2 Å². The van der Waals surface area contributed by atoms with Gasteiger partial charge in [0.25, 0.3) is 5.91 Å². The minimum Gasteiger partial charge on any atom is -0.468 e. The van der Waals surface area contributed by atoms with E-state index in [4.69, 9.17) is 9.25 Å². The normalized spacial score (nSPS) is 17.7. The van der Waals surface area contributed by atoms with Gasteiger partial charge >= 0.3 is 0 Å². The van der Waals surface area contributed by atoms with Gasteiger partial charge < -0.3 is 14.6 Å². The second-order valence-corrected chi connectivity index (χ2v) is 6.21. The maximum absolute atomic E-state index is 12.5. The third-order valence-corrected chi connectivity index (χ3v) is 4.68. The number of rotatable bonds is 8. The van der Waals surface area contributed by atoms with Crippen molar-refractivity contribution in [2.24, 2.45) is 5.16 Å². The summed E-state index contributed by atoms with van der Waals surface area (Å²) in [7, 11) is 0. The van der Waals surface area contributed by atoms with Crippen LogP contribution in [0.5, 0.6) is 0 Å². The van der Waals surface area contributed by atoms with Gasteiger partial charge in [-0.2, -0.15) is 0 Å². The fourth-order valence-electron chi connectivity index (χ4n) is 3.20. The molecule has 1 aliphatic heterocycles. The first-order valence-corrected chi connectivity index (χ1v) is 9.06. The fourth-order valence-corrected chi connectivity index (χ4v) is 3.20. The minimum atomic E-state index is -0.194. The lowest BCUT2D eigenvalue weighted by atomic mass is 10.0. The zero-order chi connectivity index (χ0) is 18.4. The van der Waals surface area contributed by atoms with Crippen LogP contribution in [-0.2, 0) is 9.63 Å². The molecular formula is C20H25N3O3. The number of hydrogen-bond donors (Lipinski definition) is 1. The largest absolute Gasteiger partial charge is 0.468 e. The molecule has 1 N–H and O–H groups in total. The summed E-state index contributed by atoms with van der Waals surface area (Å²) >= 11 is 0. The van der Waals surface area contributed by atoms with Crippen LogP contribution in [0, 0.1) is 0 Å². The highest BCUT2D eigenvalue weighted by Crippen LogP contribution is 2.27. The van der Waals surface area contributed by atoms with Crippen LogP contribution < -0.4 is 5.32 Å². The summed E-state index contributed by atoms with van der Waals surface area (Å²) in [6, 6.07) is 13.6. The van der Waals surface area contributed by atoms with Crippen molar-refractivity contribution < 1.29 is 14.0 Å². The number of likely N-dealkylation sites (N-methyl/N-ethyl adjacent to an activating group) is 1. The molecule has 3 rings (SSSR count). The first kappa shape index (κ1) is 18.2. The van der Waals surface area contributed by atoms with E-state index in [0.717, 1.165) is 24.4 Å². The molecule has 0 saturated carbocycles. The molecule has 1 aliphatic rings. The number of furan rings is 1. The summed E-state index contributed by atoms with van der Waals surface area (Å²) in [6.45, 7) is 6.40. The highest BCUT2D eigenvalue weighted by Gasteiger charge is 2.28. The van der Waals surface area contributed by atoms with E-state index in [2.05, 4.69) is 29.2 Å². The monoisotopic (exact) mass is 355 g/mol. The van der Waals surface area contributed by atoms with E-state index < -0.39 is 0 Å². The van der Waals surface area contributed by atoms with Crippen molar-refractivity contribution in [3.63, 3.8) is 0 Å². The van der Waals surface area contributed by atoms with E-state index in [1.165, 1.54) is 0 Å². The Labute approximate surface area is 153 Å². The van der Waals surface area contributed by atoms with E-state index in [-0.39, 0.29) is 18.1 Å². The van der Waals surface area contributed by atoms with Crippen molar-refractivity contribution in [3.8, 4) is 0 Å². The Morgan fingerprint density at radius 1 is 1.23 bits per heavy atom. The van der Waals surface area contributed by atoms with Crippen LogP contribution in [0.2, 0.25) is 0 Å². The van der Waals surface area contributed by atoms with Crippen molar-refractivity contribution in [1.82, 2.24) is 10.2 Å². The molecular weight excluding hydrogens is 330 g/mol. The lowest BCUT2D eigenvalue weighted by molar-refractivity contribution is -0.115. The third-order valence-electron chi connectivity index (χ3n) is 4.68. The van der Waals surface area contributed by atoms with Gasteiger partial charge in [-0.15, -0.1) is 0 Å². The van der Waals surface area contributed by atoms with Crippen LogP contribution in [0.15, 0.2) is 58.3 Å². The molecule has 0 spiro atoms. The molecule has 2 unspecified atom stereocenters. The Morgan fingerprint density at radius 2 is 2.00 bits per heavy atom. The zero-order valence-electron chi connectivity index (χ0n) is 15.2. The topological polar surface area (TPSA) is 67.1 Å². The lowest BCUT2D eigenvalue weighted by Gasteiger charge is -2.28. The number of oxime groups is 1. The molecule has 2 aromatic rings. The van der Waals surface area contributed by atoms with Crippen LogP contribution in [0.4, 0.5) is 0 Å². The molecule has 0 radical (unpaired) electrons. The smallest absolute Gasteiger partial charge is 0.269 e. The Bertz CT molecular complexity index is 724. The summed E-state index contributed by atoms with van der Waals surface area (Å²) in [4.78, 5) is 20.2. The van der Waals surface area contributed by atoms with Gasteiger partial charge in [0.1, 0.15) is 11.5 Å². The molecule has 138 valence electrons. The van der Waals surface area contributed by atoms with Gasteiger partial charge in [0.2, 0.25) is 0 Å². The molecule has 0 aliphatic carbocycles. The maximum Gasteiger partial charge on any atom is 0.269 e. The van der Waals surface area contributed by atoms with E-state index in [1.807, 2.05) is 42.5 Å². The molecule has 2 atom stereocenters. The van der Waals surface area contributed by atoms with Crippen LogP contribution >= 0.6 is 0 Å². The van der Waals surface area contributed by atoms with Crippen LogP contribution in [0.3, 0.4) is 0 Å². The van der Waals surface area contributed by atoms with Crippen LogP contribution in [0.1, 0.15) is 43.7 Å². The molecule has 6 nitrogen and oxygen atoms in total. The molecule has 1 aromatic carbocycles. The average molecular weight is 355 g/mol. The second-order valence-electron chi connectivity index (χ2n) is 6.21. The molecule has 0 saturated heterocycles. The number of benzene rings is 1. The van der Waals surface area contributed by atoms with Gasteiger partial charge in [-0.3, -0.25) is 9.69 Å². The van der Waals surface area contributed by atoms with E-state index in [1.54, 1.807) is 6.26 Å². The highest BCUT2D eigenvalue weighted by atomic mass is 16.6. The van der Waals surface area contributed by atoms with Gasteiger partial charge in [0.05, 0.1) is 12.3 Å². The highest BCUT2D eigenvalue weighted by molar-refractivity contribution is 6.39. The molecule has 2 heterocycles. The number of carbonyl (C=O) groups is 1. The first-order valence-electron chi connectivity index (χ1n) is 9.06. The number of nitrogens with one attached hydrogen (secondary N) is 1. The van der Waals surface area contributed by atoms with Crippen molar-refractivity contribution >= 4 is 11.6 Å². The molecule has 1 amide bonds. The molecule has 1 aromatic heterocycles. The Balaban J connectivity index is 1.59. The van der Waals surface area contributed by atoms with Gasteiger partial charge in [-0.05, 0) is 30.8 Å². The molecule has 6 heteroatoms. The van der Waals surface area contributed by atoms with Crippen LogP contribution in [0.25, 0.3) is 0 Å². The van der Waals surface area contributed by atoms with Gasteiger partial charge in [0.15, 0.2) is 6.10 Å². The predicted molar refractivity (Wildman–Crippen MR) is 99.7 cm³/mol. The van der Waals surface area contributed by atoms with Crippen molar-refractivity contribution in [2.45, 2.75) is 32.4 Å². The number of amides is 1. The van der Waals surface area contributed by atoms with Gasteiger partial charge in [0, 0.05) is 13.0 Å². The summed E-state index contributed by atoms with van der Waals surface area (Å²) < 4.78 is 5.57. The predicted octanol–water partition coefficient (Wildman–Crippen LogP) is 3.30. The fraction of sp³-hybridized carbons (Fsp3) is 0.400. The summed E-state index contributed by atoms with van der Waals surface area (Å²) in [5.74, 6) is 0.660. The maximum atomic E-state index is 12.5. The average Bonchev–Trinajstić information content (AvgIpc) is 3.37. The lowest BCUT2D eigenvalue weighted by Crippen LogP contribution is -2.40. The van der Waals surface area contributed by atoms with E-state index >= 15 is 0 Å². The zero-order valence-corrected chi connectivity index (χ0v) is 15.2. The first-order chi connectivity index (χ1) is 12.7. The quantitative estimate of drug-likeness (QED) is 0.789. The minimum absolute atomic E-state index is 0.00297. The van der Waals surface area contributed by atoms with Crippen molar-refractivity contribution in [3.05, 3.63) is 60.1 Å². The summed E-state index contributed by atoms with van der Waals surface area (Å²) in [5, 5.41) is 6.97. The van der Waals surface area contributed by atoms with Crippen molar-refractivity contribution in [1.29, 1.82) is 0 Å². The number of hydrogen-bond acceptors (Lipinski definition) is 5. The Hall–Kier alpha value is -2.60. The SMILES string of the molecule is CCN(CC)C(CNC(=O)C1=NOC(c2ccccc2)C1)c1ccco1. The standard InChI is InChI=1S/C20H25N3O3/c1-3-23(4-2)17(18-11-8-12-25-18)14-21-20(24)16-13-19(26-22-16)15-9-6-5-7-10-15/h5-12,17,19H,3-4,13-14H2,1-2H3,(H,21,24). The Morgan fingerprint density at radius 3 is 2.65 bits per heavy atom. The third kappa shape index (κ3) is 4.14. The molecule has 0 fully saturated rings. The van der Waals surface area contributed by atoms with Gasteiger partial charge in [-0.25, -0.2) is 0 Å². The molecule has 0 bridgehead atoms. The van der Waals surface area contributed by atoms with Crippen molar-refractivity contribution in [2.75, 3.05) is 19.6 Å². The number of nitrogens with zero attached hydrogens (tertiary/aromatic N) is 2.